The maximum atomic E-state index is 12.4. The van der Waals surface area contributed by atoms with E-state index >= 15 is 0 Å². The van der Waals surface area contributed by atoms with Crippen molar-refractivity contribution in [3.63, 3.8) is 0 Å². The molecule has 0 aliphatic rings. The number of phenolic OH excluding ortho intramolecular Hbond substituents is 3. The molecular formula is C17H14O8. The monoisotopic (exact) mass is 346 g/mol. The van der Waals surface area contributed by atoms with Crippen LogP contribution in [0.3, 0.4) is 0 Å². The van der Waals surface area contributed by atoms with Crippen LogP contribution in [0.15, 0.2) is 33.5 Å². The zero-order valence-electron chi connectivity index (χ0n) is 13.2. The number of benzene rings is 2. The molecule has 1 heterocycles. The van der Waals surface area contributed by atoms with Crippen molar-refractivity contribution < 1.29 is 34.3 Å². The van der Waals surface area contributed by atoms with Crippen LogP contribution in [0.1, 0.15) is 0 Å². The van der Waals surface area contributed by atoms with Crippen LogP contribution in [0.4, 0.5) is 0 Å². The van der Waals surface area contributed by atoms with E-state index in [4.69, 9.17) is 13.9 Å². The molecule has 0 radical (unpaired) electrons. The number of ether oxygens (including phenoxy) is 2. The number of fused-ring (bicyclic) bond motifs is 1. The van der Waals surface area contributed by atoms with Gasteiger partial charge in [-0.2, -0.15) is 0 Å². The molecule has 0 spiro atoms. The molecule has 8 heteroatoms. The third-order valence-electron chi connectivity index (χ3n) is 3.72. The number of phenols is 3. The molecular weight excluding hydrogens is 332 g/mol. The van der Waals surface area contributed by atoms with E-state index in [0.717, 1.165) is 6.07 Å². The first-order valence-electron chi connectivity index (χ1n) is 7.05. The Labute approximate surface area is 140 Å². The highest BCUT2D eigenvalue weighted by Crippen LogP contribution is 2.45. The molecule has 0 atom stereocenters. The van der Waals surface area contributed by atoms with Gasteiger partial charge in [0.1, 0.15) is 22.5 Å². The molecule has 0 aliphatic carbocycles. The molecule has 0 bridgehead atoms. The third-order valence-corrected chi connectivity index (χ3v) is 3.72. The topological polar surface area (TPSA) is 130 Å². The van der Waals surface area contributed by atoms with Crippen molar-refractivity contribution in [3.05, 3.63) is 34.5 Å². The first-order valence-corrected chi connectivity index (χ1v) is 7.05. The number of aromatic hydroxyl groups is 4. The number of rotatable bonds is 3. The highest BCUT2D eigenvalue weighted by Gasteiger charge is 2.23. The van der Waals surface area contributed by atoms with Crippen molar-refractivity contribution in [3.8, 4) is 45.8 Å². The normalized spacial score (nSPS) is 10.8. The van der Waals surface area contributed by atoms with Gasteiger partial charge < -0.3 is 34.3 Å². The number of hydrogen-bond acceptors (Lipinski definition) is 8. The molecule has 0 aliphatic heterocycles. The smallest absolute Gasteiger partial charge is 0.238 e. The summed E-state index contributed by atoms with van der Waals surface area (Å²) in [5, 5.41) is 39.5. The van der Waals surface area contributed by atoms with Gasteiger partial charge >= 0.3 is 0 Å². The van der Waals surface area contributed by atoms with E-state index in [0.29, 0.717) is 0 Å². The molecule has 0 saturated carbocycles. The van der Waals surface area contributed by atoms with Gasteiger partial charge in [-0.1, -0.05) is 0 Å². The Kier molecular flexibility index (Phi) is 3.80. The van der Waals surface area contributed by atoms with E-state index in [-0.39, 0.29) is 33.8 Å². The van der Waals surface area contributed by atoms with Gasteiger partial charge in [0.15, 0.2) is 17.3 Å². The minimum Gasteiger partial charge on any atom is -0.507 e. The molecule has 2 aromatic carbocycles. The van der Waals surface area contributed by atoms with E-state index < -0.39 is 28.4 Å². The van der Waals surface area contributed by atoms with Crippen LogP contribution in [0.25, 0.3) is 22.3 Å². The quantitative estimate of drug-likeness (QED) is 0.532. The van der Waals surface area contributed by atoms with Gasteiger partial charge in [0.25, 0.3) is 0 Å². The van der Waals surface area contributed by atoms with E-state index in [1.54, 1.807) is 0 Å². The molecule has 3 rings (SSSR count). The first-order chi connectivity index (χ1) is 11.9. The van der Waals surface area contributed by atoms with Crippen molar-refractivity contribution in [2.24, 2.45) is 0 Å². The Morgan fingerprint density at radius 2 is 1.64 bits per heavy atom. The molecule has 0 amide bonds. The summed E-state index contributed by atoms with van der Waals surface area (Å²) in [6, 6.07) is 5.04. The number of methoxy groups -OCH3 is 2. The summed E-state index contributed by atoms with van der Waals surface area (Å²) in [5.74, 6) is -2.45. The molecule has 1 aromatic heterocycles. The molecule has 3 aromatic rings. The lowest BCUT2D eigenvalue weighted by Gasteiger charge is -2.13. The molecule has 4 N–H and O–H groups in total. The molecule has 25 heavy (non-hydrogen) atoms. The Balaban J connectivity index is 2.41. The Morgan fingerprint density at radius 3 is 2.28 bits per heavy atom. The summed E-state index contributed by atoms with van der Waals surface area (Å²) >= 11 is 0. The lowest BCUT2D eigenvalue weighted by Crippen LogP contribution is -2.04. The van der Waals surface area contributed by atoms with Gasteiger partial charge in [0.2, 0.25) is 16.9 Å². The molecule has 130 valence electrons. The standard InChI is InChI=1S/C17H14O8/c1-23-7-5-10(19)12-11(6-7)25-17(15(22)14(12)21)8-3-4-9(18)13(20)16(8)24-2/h3-6,18-20,22H,1-2H3. The van der Waals surface area contributed by atoms with Crippen LogP contribution in [0, 0.1) is 0 Å². The fraction of sp³-hybridized carbons (Fsp3) is 0.118. The SMILES string of the molecule is COc1cc(O)c2c(=O)c(O)c(-c3ccc(O)c(O)c3OC)oc2c1. The molecule has 0 fully saturated rings. The maximum Gasteiger partial charge on any atom is 0.238 e. The molecule has 0 saturated heterocycles. The predicted molar refractivity (Wildman–Crippen MR) is 87.7 cm³/mol. The van der Waals surface area contributed by atoms with Gasteiger partial charge in [0.05, 0.1) is 19.8 Å². The van der Waals surface area contributed by atoms with Gasteiger partial charge in [-0.3, -0.25) is 4.79 Å². The largest absolute Gasteiger partial charge is 0.507 e. The third kappa shape index (κ3) is 2.44. The Morgan fingerprint density at radius 1 is 0.920 bits per heavy atom. The fourth-order valence-corrected chi connectivity index (χ4v) is 2.51. The lowest BCUT2D eigenvalue weighted by atomic mass is 10.1. The summed E-state index contributed by atoms with van der Waals surface area (Å²) in [5.41, 5.74) is -0.869. The van der Waals surface area contributed by atoms with Crippen molar-refractivity contribution in [1.29, 1.82) is 0 Å². The van der Waals surface area contributed by atoms with Crippen LogP contribution in [0.5, 0.6) is 34.5 Å². The summed E-state index contributed by atoms with van der Waals surface area (Å²) in [6.07, 6.45) is 0. The summed E-state index contributed by atoms with van der Waals surface area (Å²) in [7, 11) is 2.62. The minimum absolute atomic E-state index is 0.0377. The van der Waals surface area contributed by atoms with Crippen LogP contribution >= 0.6 is 0 Å². The van der Waals surface area contributed by atoms with Crippen molar-refractivity contribution in [1.82, 2.24) is 0 Å². The Hall–Kier alpha value is -3.55. The highest BCUT2D eigenvalue weighted by molar-refractivity contribution is 5.89. The van der Waals surface area contributed by atoms with Crippen LogP contribution in [-0.2, 0) is 0 Å². The first kappa shape index (κ1) is 16.3. The van der Waals surface area contributed by atoms with Crippen molar-refractivity contribution >= 4 is 11.0 Å². The van der Waals surface area contributed by atoms with E-state index in [9.17, 15) is 25.2 Å². The summed E-state index contributed by atoms with van der Waals surface area (Å²) in [6.45, 7) is 0. The number of hydrogen-bond donors (Lipinski definition) is 4. The van der Waals surface area contributed by atoms with Crippen LogP contribution in [-0.4, -0.2) is 34.6 Å². The zero-order valence-corrected chi connectivity index (χ0v) is 13.2. The molecule has 8 nitrogen and oxygen atoms in total. The molecule has 0 unspecified atom stereocenters. The van der Waals surface area contributed by atoms with Crippen LogP contribution < -0.4 is 14.9 Å². The second kappa shape index (κ2) is 5.82. The van der Waals surface area contributed by atoms with E-state index in [1.165, 1.54) is 32.4 Å². The average molecular weight is 346 g/mol. The van der Waals surface area contributed by atoms with Crippen molar-refractivity contribution in [2.75, 3.05) is 14.2 Å². The summed E-state index contributed by atoms with van der Waals surface area (Å²) < 4.78 is 15.6. The zero-order chi connectivity index (χ0) is 18.3. The van der Waals surface area contributed by atoms with Crippen molar-refractivity contribution in [2.45, 2.75) is 0 Å². The van der Waals surface area contributed by atoms with Gasteiger partial charge in [-0.05, 0) is 12.1 Å². The highest BCUT2D eigenvalue weighted by atomic mass is 16.5. The van der Waals surface area contributed by atoms with Crippen LogP contribution in [0.2, 0.25) is 0 Å². The second-order valence-electron chi connectivity index (χ2n) is 5.14. The minimum atomic E-state index is -0.869. The predicted octanol–water partition coefficient (Wildman–Crippen LogP) is 2.30. The van der Waals surface area contributed by atoms with Gasteiger partial charge in [-0.25, -0.2) is 0 Å². The lowest BCUT2D eigenvalue weighted by molar-refractivity contribution is 0.351. The fourth-order valence-electron chi connectivity index (χ4n) is 2.51. The average Bonchev–Trinajstić information content (AvgIpc) is 2.59. The van der Waals surface area contributed by atoms with E-state index in [2.05, 4.69) is 0 Å². The van der Waals surface area contributed by atoms with E-state index in [1.807, 2.05) is 0 Å². The Bertz CT molecular complexity index is 1040. The maximum absolute atomic E-state index is 12.4. The summed E-state index contributed by atoms with van der Waals surface area (Å²) in [4.78, 5) is 12.4. The van der Waals surface area contributed by atoms with Gasteiger partial charge in [-0.15, -0.1) is 0 Å². The second-order valence-corrected chi connectivity index (χ2v) is 5.14. The van der Waals surface area contributed by atoms with Gasteiger partial charge in [0, 0.05) is 12.1 Å².